The minimum absolute atomic E-state index is 0.113. The van der Waals surface area contributed by atoms with Crippen molar-refractivity contribution in [1.82, 2.24) is 0 Å². The van der Waals surface area contributed by atoms with Crippen LogP contribution in [0.4, 0.5) is 5.69 Å². The Balaban J connectivity index is 2.33. The van der Waals surface area contributed by atoms with Crippen molar-refractivity contribution >= 4 is 5.69 Å². The van der Waals surface area contributed by atoms with Crippen molar-refractivity contribution in [3.8, 4) is 11.8 Å². The Morgan fingerprint density at radius 2 is 2.10 bits per heavy atom. The fraction of sp³-hybridized carbons (Fsp3) is 0.611. The molecular weight excluding hydrogens is 260 g/mol. The molecule has 1 aliphatic rings. The number of hydrogen-bond donors (Lipinski definition) is 1. The summed E-state index contributed by atoms with van der Waals surface area (Å²) in [5, 5.41) is 13.5. The van der Waals surface area contributed by atoms with E-state index >= 15 is 0 Å². The van der Waals surface area contributed by atoms with Crippen LogP contribution in [0.15, 0.2) is 24.3 Å². The van der Waals surface area contributed by atoms with Gasteiger partial charge in [0.1, 0.15) is 11.3 Å². The molecule has 1 fully saturated rings. The average Bonchev–Trinajstić information content (AvgIpc) is 2.46. The normalized spacial score (nSPS) is 26.0. The van der Waals surface area contributed by atoms with E-state index in [0.29, 0.717) is 5.92 Å². The van der Waals surface area contributed by atoms with Gasteiger partial charge >= 0.3 is 0 Å². The largest absolute Gasteiger partial charge is 0.497 e. The van der Waals surface area contributed by atoms with Crippen molar-refractivity contribution in [3.05, 3.63) is 24.3 Å². The number of nitrogens with one attached hydrogen (secondary N) is 1. The highest BCUT2D eigenvalue weighted by atomic mass is 16.5. The number of rotatable bonds is 3. The summed E-state index contributed by atoms with van der Waals surface area (Å²) in [5.41, 5.74) is 0.595. The van der Waals surface area contributed by atoms with Crippen molar-refractivity contribution < 1.29 is 4.74 Å². The predicted octanol–water partition coefficient (Wildman–Crippen LogP) is 4.61. The first-order chi connectivity index (χ1) is 9.91. The van der Waals surface area contributed by atoms with Crippen molar-refractivity contribution in [1.29, 1.82) is 5.26 Å². The van der Waals surface area contributed by atoms with Gasteiger partial charge in [-0.3, -0.25) is 0 Å². The molecule has 0 spiro atoms. The zero-order valence-corrected chi connectivity index (χ0v) is 13.6. The third-order valence-electron chi connectivity index (χ3n) is 4.59. The zero-order valence-electron chi connectivity index (χ0n) is 13.6. The van der Waals surface area contributed by atoms with Crippen molar-refractivity contribution in [2.24, 2.45) is 11.3 Å². The first kappa shape index (κ1) is 15.7. The SMILES string of the molecule is COc1cccc(NC2(C#N)CCCCC2C(C)(C)C)c1. The van der Waals surface area contributed by atoms with E-state index in [1.165, 1.54) is 6.42 Å². The van der Waals surface area contributed by atoms with Crippen molar-refractivity contribution in [2.45, 2.75) is 52.0 Å². The number of nitriles is 1. The highest BCUT2D eigenvalue weighted by Gasteiger charge is 2.46. The lowest BCUT2D eigenvalue weighted by Gasteiger charge is -2.46. The quantitative estimate of drug-likeness (QED) is 0.882. The molecule has 0 heterocycles. The smallest absolute Gasteiger partial charge is 0.128 e. The molecule has 0 aliphatic heterocycles. The van der Waals surface area contributed by atoms with Gasteiger partial charge in [-0.15, -0.1) is 0 Å². The summed E-state index contributed by atoms with van der Waals surface area (Å²) in [6.45, 7) is 6.72. The van der Waals surface area contributed by atoms with Crippen LogP contribution in [0.3, 0.4) is 0 Å². The van der Waals surface area contributed by atoms with Gasteiger partial charge in [-0.1, -0.05) is 39.7 Å². The maximum Gasteiger partial charge on any atom is 0.128 e. The molecule has 0 saturated heterocycles. The third-order valence-corrected chi connectivity index (χ3v) is 4.59. The van der Waals surface area contributed by atoms with Crippen molar-refractivity contribution in [2.75, 3.05) is 12.4 Å². The first-order valence-electron chi connectivity index (χ1n) is 7.75. The van der Waals surface area contributed by atoms with Gasteiger partial charge in [-0.05, 0) is 30.4 Å². The van der Waals surface area contributed by atoms with E-state index in [2.05, 4.69) is 32.2 Å². The zero-order chi connectivity index (χ0) is 15.5. The Kier molecular flexibility index (Phi) is 4.46. The molecule has 114 valence electrons. The maximum atomic E-state index is 9.92. The second-order valence-corrected chi connectivity index (χ2v) is 7.10. The van der Waals surface area contributed by atoms with Crippen LogP contribution < -0.4 is 10.1 Å². The fourth-order valence-corrected chi connectivity index (χ4v) is 3.61. The molecule has 0 radical (unpaired) electrons. The topological polar surface area (TPSA) is 45.0 Å². The van der Waals surface area contributed by atoms with Crippen LogP contribution in [0.1, 0.15) is 46.5 Å². The molecule has 2 atom stereocenters. The molecule has 1 aromatic rings. The van der Waals surface area contributed by atoms with Gasteiger partial charge in [0.05, 0.1) is 13.2 Å². The molecule has 1 aromatic carbocycles. The summed E-state index contributed by atoms with van der Waals surface area (Å²) in [4.78, 5) is 0. The van der Waals surface area contributed by atoms with Crippen LogP contribution in [-0.4, -0.2) is 12.6 Å². The molecule has 21 heavy (non-hydrogen) atoms. The molecule has 2 unspecified atom stereocenters. The second kappa shape index (κ2) is 5.97. The van der Waals surface area contributed by atoms with Gasteiger partial charge in [-0.2, -0.15) is 5.26 Å². The summed E-state index contributed by atoms with van der Waals surface area (Å²) in [6.07, 6.45) is 4.33. The van der Waals surface area contributed by atoms with E-state index in [1.807, 2.05) is 24.3 Å². The highest BCUT2D eigenvalue weighted by Crippen LogP contribution is 2.45. The monoisotopic (exact) mass is 286 g/mol. The van der Waals surface area contributed by atoms with Gasteiger partial charge in [0.15, 0.2) is 0 Å². The standard InChI is InChI=1S/C18H26N2O/c1-17(2,3)16-10-5-6-11-18(16,13-19)20-14-8-7-9-15(12-14)21-4/h7-9,12,16,20H,5-6,10-11H2,1-4H3. The molecule has 0 bridgehead atoms. The summed E-state index contributed by atoms with van der Waals surface area (Å²) in [7, 11) is 1.66. The van der Waals surface area contributed by atoms with Crippen molar-refractivity contribution in [3.63, 3.8) is 0 Å². The summed E-state index contributed by atoms with van der Waals surface area (Å²) < 4.78 is 5.28. The van der Waals surface area contributed by atoms with E-state index in [1.54, 1.807) is 7.11 Å². The Bertz CT molecular complexity index is 527. The molecule has 1 saturated carbocycles. The van der Waals surface area contributed by atoms with Crippen LogP contribution in [-0.2, 0) is 0 Å². The van der Waals surface area contributed by atoms with Gasteiger partial charge in [-0.25, -0.2) is 0 Å². The molecule has 2 rings (SSSR count). The van der Waals surface area contributed by atoms with Crippen LogP contribution >= 0.6 is 0 Å². The number of nitrogens with zero attached hydrogens (tertiary/aromatic N) is 1. The maximum absolute atomic E-state index is 9.92. The summed E-state index contributed by atoms with van der Waals surface area (Å²) in [6, 6.07) is 10.5. The minimum Gasteiger partial charge on any atom is -0.497 e. The Morgan fingerprint density at radius 3 is 2.71 bits per heavy atom. The molecule has 0 amide bonds. The lowest BCUT2D eigenvalue weighted by Crippen LogP contribution is -2.51. The lowest BCUT2D eigenvalue weighted by molar-refractivity contribution is 0.127. The summed E-state index contributed by atoms with van der Waals surface area (Å²) in [5.74, 6) is 1.16. The molecule has 1 aliphatic carbocycles. The fourth-order valence-electron chi connectivity index (χ4n) is 3.61. The first-order valence-corrected chi connectivity index (χ1v) is 7.75. The van der Waals surface area contributed by atoms with Crippen LogP contribution in [0.5, 0.6) is 5.75 Å². The molecule has 0 aromatic heterocycles. The Morgan fingerprint density at radius 1 is 1.33 bits per heavy atom. The van der Waals surface area contributed by atoms with Gasteiger partial charge in [0.25, 0.3) is 0 Å². The Labute approximate surface area is 128 Å². The molecule has 3 nitrogen and oxygen atoms in total. The van der Waals surface area contributed by atoms with E-state index in [4.69, 9.17) is 4.74 Å². The minimum atomic E-state index is -0.483. The number of methoxy groups -OCH3 is 1. The number of ether oxygens (including phenoxy) is 1. The number of anilines is 1. The third kappa shape index (κ3) is 3.32. The van der Waals surface area contributed by atoms with E-state index in [9.17, 15) is 5.26 Å². The second-order valence-electron chi connectivity index (χ2n) is 7.10. The highest BCUT2D eigenvalue weighted by molar-refractivity contribution is 5.52. The molecule has 1 N–H and O–H groups in total. The van der Waals surface area contributed by atoms with Crippen LogP contribution in [0, 0.1) is 22.7 Å². The van der Waals surface area contributed by atoms with Crippen LogP contribution in [0.25, 0.3) is 0 Å². The van der Waals surface area contributed by atoms with Crippen LogP contribution in [0.2, 0.25) is 0 Å². The van der Waals surface area contributed by atoms with E-state index in [-0.39, 0.29) is 5.41 Å². The van der Waals surface area contributed by atoms with Gasteiger partial charge in [0, 0.05) is 17.7 Å². The van der Waals surface area contributed by atoms with E-state index in [0.717, 1.165) is 30.7 Å². The van der Waals surface area contributed by atoms with Gasteiger partial charge in [0.2, 0.25) is 0 Å². The lowest BCUT2D eigenvalue weighted by atomic mass is 9.62. The number of benzene rings is 1. The number of hydrogen-bond acceptors (Lipinski definition) is 3. The summed E-state index contributed by atoms with van der Waals surface area (Å²) >= 11 is 0. The average molecular weight is 286 g/mol. The van der Waals surface area contributed by atoms with Gasteiger partial charge < -0.3 is 10.1 Å². The molecule has 3 heteroatoms. The molecular formula is C18H26N2O. The Hall–Kier alpha value is -1.69. The predicted molar refractivity (Wildman–Crippen MR) is 86.4 cm³/mol. The van der Waals surface area contributed by atoms with E-state index < -0.39 is 5.54 Å².